The maximum atomic E-state index is 11.7. The van der Waals surface area contributed by atoms with Gasteiger partial charge in [-0.1, -0.05) is 18.2 Å². The summed E-state index contributed by atoms with van der Waals surface area (Å²) >= 11 is 0. The van der Waals surface area contributed by atoms with Crippen molar-refractivity contribution in [3.05, 3.63) is 48.0 Å². The van der Waals surface area contributed by atoms with Crippen LogP contribution >= 0.6 is 0 Å². The lowest BCUT2D eigenvalue weighted by molar-refractivity contribution is -0.137. The zero-order valence-corrected chi connectivity index (χ0v) is 12.7. The number of aliphatic carboxylic acids is 1. The van der Waals surface area contributed by atoms with Crippen molar-refractivity contribution >= 4 is 33.7 Å². The highest BCUT2D eigenvalue weighted by Crippen LogP contribution is 2.28. The molecule has 6 nitrogen and oxygen atoms in total. The highest BCUT2D eigenvalue weighted by Gasteiger charge is 2.15. The molecule has 0 aliphatic rings. The first kappa shape index (κ1) is 15.7. The molecule has 0 aliphatic heterocycles. The fourth-order valence-corrected chi connectivity index (χ4v) is 2.61. The van der Waals surface area contributed by atoms with Crippen molar-refractivity contribution in [2.45, 2.75) is 12.8 Å². The second kappa shape index (κ2) is 6.54. The molecule has 0 saturated carbocycles. The minimum absolute atomic E-state index is 0.0413. The second-order valence-corrected chi connectivity index (χ2v) is 5.33. The largest absolute Gasteiger partial charge is 0.494 e. The monoisotopic (exact) mass is 325 g/mol. The lowest BCUT2D eigenvalue weighted by Gasteiger charge is -2.10. The Morgan fingerprint density at radius 1 is 1.00 bits per heavy atom. The number of carboxylic acid groups (broad SMARTS) is 2. The number of carbonyl (C=O) groups is 2. The van der Waals surface area contributed by atoms with E-state index in [1.54, 1.807) is 42.5 Å². The normalized spacial score (nSPS) is 10.8. The molecule has 0 atom stereocenters. The van der Waals surface area contributed by atoms with Crippen LogP contribution in [0.25, 0.3) is 21.8 Å². The number of benzene rings is 2. The van der Waals surface area contributed by atoms with Crippen molar-refractivity contribution in [3.63, 3.8) is 0 Å². The second-order valence-electron chi connectivity index (χ2n) is 5.33. The lowest BCUT2D eigenvalue weighted by Crippen LogP contribution is -2.03. The van der Waals surface area contributed by atoms with E-state index in [0.717, 1.165) is 0 Å². The Kier molecular flexibility index (Phi) is 4.29. The van der Waals surface area contributed by atoms with E-state index in [1.165, 1.54) is 0 Å². The summed E-state index contributed by atoms with van der Waals surface area (Å²) in [5.41, 5.74) is 1.35. The van der Waals surface area contributed by atoms with Gasteiger partial charge in [-0.05, 0) is 24.6 Å². The first-order valence-electron chi connectivity index (χ1n) is 7.46. The van der Waals surface area contributed by atoms with Crippen LogP contribution in [0.1, 0.15) is 23.2 Å². The van der Waals surface area contributed by atoms with Gasteiger partial charge in [-0.2, -0.15) is 0 Å². The van der Waals surface area contributed by atoms with Crippen LogP contribution in [0.4, 0.5) is 0 Å². The molecule has 0 saturated heterocycles. The lowest BCUT2D eigenvalue weighted by atomic mass is 10.0. The molecule has 0 amide bonds. The predicted octanol–water partition coefficient (Wildman–Crippen LogP) is 3.33. The summed E-state index contributed by atoms with van der Waals surface area (Å²) in [6.45, 7) is 0.275. The fraction of sp³-hybridized carbons (Fsp3) is 0.167. The topological polar surface area (TPSA) is 96.7 Å². The number of aromatic nitrogens is 1. The van der Waals surface area contributed by atoms with Crippen LogP contribution in [-0.4, -0.2) is 33.7 Å². The van der Waals surface area contributed by atoms with Gasteiger partial charge in [-0.3, -0.25) is 4.79 Å². The van der Waals surface area contributed by atoms with E-state index < -0.39 is 11.9 Å². The Balaban J connectivity index is 1.99. The van der Waals surface area contributed by atoms with Gasteiger partial charge in [0.1, 0.15) is 5.75 Å². The van der Waals surface area contributed by atoms with Gasteiger partial charge in [0, 0.05) is 23.3 Å². The van der Waals surface area contributed by atoms with Crippen molar-refractivity contribution < 1.29 is 24.5 Å². The maximum Gasteiger partial charge on any atom is 0.337 e. The zero-order valence-electron chi connectivity index (χ0n) is 12.7. The molecular formula is C18H15NO5. The molecule has 24 heavy (non-hydrogen) atoms. The minimum atomic E-state index is -1.01. The Morgan fingerprint density at radius 2 is 1.75 bits per heavy atom. The summed E-state index contributed by atoms with van der Waals surface area (Å²) in [5, 5.41) is 19.3. The number of fused-ring (bicyclic) bond motifs is 2. The minimum Gasteiger partial charge on any atom is -0.494 e. The van der Waals surface area contributed by atoms with Crippen molar-refractivity contribution in [1.82, 2.24) is 4.98 Å². The van der Waals surface area contributed by atoms with E-state index in [4.69, 9.17) is 9.84 Å². The standard InChI is InChI=1S/C18H15NO5/c20-16(21)6-3-9-24-11-7-8-13-15(10-11)19-14-5-2-1-4-12(14)17(13)18(22)23/h1-2,4-5,7-8,10H,3,6,9H2,(H,20,21)(H,22,23). The summed E-state index contributed by atoms with van der Waals surface area (Å²) in [4.78, 5) is 26.7. The Hall–Kier alpha value is -3.15. The number of carboxylic acids is 2. The molecule has 3 aromatic rings. The quantitative estimate of drug-likeness (QED) is 0.533. The van der Waals surface area contributed by atoms with Gasteiger partial charge in [-0.25, -0.2) is 9.78 Å². The van der Waals surface area contributed by atoms with Gasteiger partial charge < -0.3 is 14.9 Å². The van der Waals surface area contributed by atoms with Crippen LogP contribution in [0.5, 0.6) is 5.75 Å². The number of ether oxygens (including phenoxy) is 1. The third-order valence-electron chi connectivity index (χ3n) is 3.67. The van der Waals surface area contributed by atoms with E-state index in [2.05, 4.69) is 4.98 Å². The van der Waals surface area contributed by atoms with Gasteiger partial charge in [0.2, 0.25) is 0 Å². The Bertz CT molecular complexity index is 935. The summed E-state index contributed by atoms with van der Waals surface area (Å²) in [6.07, 6.45) is 0.443. The third-order valence-corrected chi connectivity index (χ3v) is 3.67. The predicted molar refractivity (Wildman–Crippen MR) is 88.6 cm³/mol. The summed E-state index contributed by atoms with van der Waals surface area (Å²) in [6, 6.07) is 12.1. The molecular weight excluding hydrogens is 310 g/mol. The van der Waals surface area contributed by atoms with E-state index in [1.807, 2.05) is 0 Å². The number of aromatic carboxylic acids is 1. The molecule has 2 aromatic carbocycles. The van der Waals surface area contributed by atoms with Crippen LogP contribution in [0.3, 0.4) is 0 Å². The highest BCUT2D eigenvalue weighted by molar-refractivity contribution is 6.13. The number of pyridine rings is 1. The van der Waals surface area contributed by atoms with Crippen LogP contribution < -0.4 is 4.74 Å². The van der Waals surface area contributed by atoms with E-state index >= 15 is 0 Å². The van der Waals surface area contributed by atoms with Crippen molar-refractivity contribution in [2.75, 3.05) is 6.61 Å². The molecule has 0 spiro atoms. The number of rotatable bonds is 6. The summed E-state index contributed by atoms with van der Waals surface area (Å²) in [5.74, 6) is -1.34. The van der Waals surface area contributed by atoms with Gasteiger partial charge in [0.05, 0.1) is 23.2 Å². The molecule has 122 valence electrons. The zero-order chi connectivity index (χ0) is 17.1. The molecule has 3 rings (SSSR count). The van der Waals surface area contributed by atoms with Gasteiger partial charge in [0.15, 0.2) is 0 Å². The van der Waals surface area contributed by atoms with Gasteiger partial charge in [0.25, 0.3) is 0 Å². The first-order valence-corrected chi connectivity index (χ1v) is 7.46. The number of hydrogen-bond donors (Lipinski definition) is 2. The number of hydrogen-bond acceptors (Lipinski definition) is 4. The third kappa shape index (κ3) is 3.12. The SMILES string of the molecule is O=C(O)CCCOc1ccc2c(C(=O)O)c3ccccc3nc2c1. The number of nitrogens with zero attached hydrogens (tertiary/aromatic N) is 1. The summed E-state index contributed by atoms with van der Waals surface area (Å²) in [7, 11) is 0. The van der Waals surface area contributed by atoms with Crippen LogP contribution in [0.2, 0.25) is 0 Å². The van der Waals surface area contributed by atoms with E-state index in [0.29, 0.717) is 34.0 Å². The van der Waals surface area contributed by atoms with Crippen molar-refractivity contribution in [1.29, 1.82) is 0 Å². The van der Waals surface area contributed by atoms with E-state index in [-0.39, 0.29) is 18.6 Å². The molecule has 0 aliphatic carbocycles. The van der Waals surface area contributed by atoms with Crippen LogP contribution in [0, 0.1) is 0 Å². The van der Waals surface area contributed by atoms with Crippen LogP contribution in [-0.2, 0) is 4.79 Å². The average molecular weight is 325 g/mol. The molecule has 1 heterocycles. The van der Waals surface area contributed by atoms with E-state index in [9.17, 15) is 14.7 Å². The Labute approximate surface area is 137 Å². The Morgan fingerprint density at radius 3 is 2.50 bits per heavy atom. The molecule has 1 aromatic heterocycles. The fourth-order valence-electron chi connectivity index (χ4n) is 2.61. The van der Waals surface area contributed by atoms with Crippen LogP contribution in [0.15, 0.2) is 42.5 Å². The summed E-state index contributed by atoms with van der Waals surface area (Å²) < 4.78 is 5.53. The van der Waals surface area contributed by atoms with Gasteiger partial charge >= 0.3 is 11.9 Å². The first-order chi connectivity index (χ1) is 11.6. The maximum absolute atomic E-state index is 11.7. The highest BCUT2D eigenvalue weighted by atomic mass is 16.5. The molecule has 2 N–H and O–H groups in total. The number of para-hydroxylation sites is 1. The molecule has 0 bridgehead atoms. The van der Waals surface area contributed by atoms with Crippen molar-refractivity contribution in [2.24, 2.45) is 0 Å². The molecule has 6 heteroatoms. The smallest absolute Gasteiger partial charge is 0.337 e. The molecule has 0 radical (unpaired) electrons. The average Bonchev–Trinajstić information content (AvgIpc) is 2.56. The van der Waals surface area contributed by atoms with Crippen molar-refractivity contribution in [3.8, 4) is 5.75 Å². The molecule has 0 fully saturated rings. The van der Waals surface area contributed by atoms with Gasteiger partial charge in [-0.15, -0.1) is 0 Å². The molecule has 0 unspecified atom stereocenters.